The first-order chi connectivity index (χ1) is 13.5. The molecule has 28 heavy (non-hydrogen) atoms. The average Bonchev–Trinajstić information content (AvgIpc) is 3.03. The van der Waals surface area contributed by atoms with Crippen LogP contribution >= 0.6 is 0 Å². The molecule has 4 heterocycles. The molecule has 0 saturated carbocycles. The van der Waals surface area contributed by atoms with Gasteiger partial charge in [0.25, 0.3) is 0 Å². The van der Waals surface area contributed by atoms with Crippen LogP contribution in [0, 0.1) is 6.92 Å². The number of hydrogen-bond donors (Lipinski definition) is 1. The first-order valence-electron chi connectivity index (χ1n) is 8.91. The molecule has 4 aromatic rings. The van der Waals surface area contributed by atoms with Crippen LogP contribution in [-0.4, -0.2) is 35.8 Å². The third-order valence-electron chi connectivity index (χ3n) is 4.35. The molecule has 0 aliphatic heterocycles. The van der Waals surface area contributed by atoms with Crippen LogP contribution < -0.4 is 5.32 Å². The lowest BCUT2D eigenvalue weighted by Crippen LogP contribution is -2.03. The van der Waals surface area contributed by atoms with Crippen LogP contribution in [0.3, 0.4) is 0 Å². The summed E-state index contributed by atoms with van der Waals surface area (Å²) in [5.74, 6) is 2.76. The third kappa shape index (κ3) is 3.32. The number of hydrogen-bond acceptors (Lipinski definition) is 7. The van der Waals surface area contributed by atoms with Gasteiger partial charge in [-0.05, 0) is 39.0 Å². The van der Waals surface area contributed by atoms with Crippen molar-refractivity contribution in [3.8, 4) is 11.4 Å². The van der Waals surface area contributed by atoms with Crippen molar-refractivity contribution in [3.05, 3.63) is 54.4 Å². The lowest BCUT2D eigenvalue weighted by molar-refractivity contribution is 0.111. The monoisotopic (exact) mass is 373 g/mol. The maximum atomic E-state index is 10.8. The number of imidazole rings is 1. The SMILES string of the molecule is Cc1nc2cnc(Nc3ccnc(-c4ccc(C=O)nc4)n3)cc2n1C(C)C. The van der Waals surface area contributed by atoms with E-state index >= 15 is 0 Å². The number of aromatic nitrogens is 6. The van der Waals surface area contributed by atoms with Gasteiger partial charge in [0.1, 0.15) is 28.7 Å². The number of carbonyl (C=O) groups excluding carboxylic acids is 1. The minimum Gasteiger partial charge on any atom is -0.326 e. The Morgan fingerprint density at radius 1 is 1.04 bits per heavy atom. The van der Waals surface area contributed by atoms with E-state index in [1.807, 2.05) is 13.0 Å². The van der Waals surface area contributed by atoms with Gasteiger partial charge >= 0.3 is 0 Å². The molecule has 4 rings (SSSR count). The maximum absolute atomic E-state index is 10.8. The number of fused-ring (bicyclic) bond motifs is 1. The van der Waals surface area contributed by atoms with Crippen LogP contribution in [-0.2, 0) is 0 Å². The quantitative estimate of drug-likeness (QED) is 0.532. The number of nitrogens with one attached hydrogen (secondary N) is 1. The number of carbonyl (C=O) groups is 1. The van der Waals surface area contributed by atoms with Crippen molar-refractivity contribution in [2.24, 2.45) is 0 Å². The molecule has 8 heteroatoms. The molecule has 8 nitrogen and oxygen atoms in total. The molecule has 0 aliphatic carbocycles. The molecule has 0 amide bonds. The van der Waals surface area contributed by atoms with E-state index in [2.05, 4.69) is 48.7 Å². The molecule has 0 saturated heterocycles. The minimum atomic E-state index is 0.299. The highest BCUT2D eigenvalue weighted by molar-refractivity contribution is 5.79. The highest BCUT2D eigenvalue weighted by Gasteiger charge is 2.12. The van der Waals surface area contributed by atoms with Gasteiger partial charge in [-0.3, -0.25) is 9.78 Å². The highest BCUT2D eigenvalue weighted by Crippen LogP contribution is 2.24. The molecule has 0 aromatic carbocycles. The Labute approximate surface area is 161 Å². The van der Waals surface area contributed by atoms with Gasteiger partial charge in [-0.2, -0.15) is 0 Å². The predicted molar refractivity (Wildman–Crippen MR) is 107 cm³/mol. The Balaban J connectivity index is 1.65. The summed E-state index contributed by atoms with van der Waals surface area (Å²) in [5.41, 5.74) is 2.98. The van der Waals surface area contributed by atoms with Gasteiger partial charge in [-0.1, -0.05) is 0 Å². The first kappa shape index (κ1) is 17.7. The van der Waals surface area contributed by atoms with Gasteiger partial charge in [0.15, 0.2) is 12.1 Å². The van der Waals surface area contributed by atoms with Crippen LogP contribution in [0.1, 0.15) is 36.2 Å². The van der Waals surface area contributed by atoms with E-state index in [-0.39, 0.29) is 0 Å². The van der Waals surface area contributed by atoms with E-state index < -0.39 is 0 Å². The third-order valence-corrected chi connectivity index (χ3v) is 4.35. The number of pyridine rings is 2. The zero-order valence-electron chi connectivity index (χ0n) is 15.8. The standard InChI is InChI=1S/C20H19N7O/c1-12(2)27-13(3)24-16-10-23-19(8-17(16)27)25-18-6-7-21-20(26-18)14-4-5-15(11-28)22-9-14/h4-12H,1-3H3,(H,21,23,25,26). The van der Waals surface area contributed by atoms with Crippen molar-refractivity contribution < 1.29 is 4.79 Å². The number of aldehydes is 1. The van der Waals surface area contributed by atoms with Crippen molar-refractivity contribution in [2.45, 2.75) is 26.8 Å². The molecule has 1 N–H and O–H groups in total. The minimum absolute atomic E-state index is 0.299. The number of anilines is 2. The van der Waals surface area contributed by atoms with Gasteiger partial charge < -0.3 is 9.88 Å². The number of aryl methyl sites for hydroxylation is 1. The van der Waals surface area contributed by atoms with E-state index in [0.29, 0.717) is 35.5 Å². The molecular weight excluding hydrogens is 354 g/mol. The van der Waals surface area contributed by atoms with Crippen LogP contribution in [0.5, 0.6) is 0 Å². The molecule has 0 radical (unpaired) electrons. The first-order valence-corrected chi connectivity index (χ1v) is 8.91. The summed E-state index contributed by atoms with van der Waals surface area (Å²) in [4.78, 5) is 32.6. The fourth-order valence-electron chi connectivity index (χ4n) is 3.15. The smallest absolute Gasteiger partial charge is 0.168 e. The van der Waals surface area contributed by atoms with Crippen molar-refractivity contribution in [1.82, 2.24) is 29.5 Å². The molecule has 4 aromatic heterocycles. The Bertz CT molecular complexity index is 1150. The van der Waals surface area contributed by atoms with E-state index in [1.54, 1.807) is 36.8 Å². The second-order valence-electron chi connectivity index (χ2n) is 6.66. The van der Waals surface area contributed by atoms with E-state index in [1.165, 1.54) is 0 Å². The zero-order chi connectivity index (χ0) is 19.7. The molecule has 0 unspecified atom stereocenters. The zero-order valence-corrected chi connectivity index (χ0v) is 15.8. The summed E-state index contributed by atoms with van der Waals surface area (Å²) in [6, 6.07) is 7.44. The number of nitrogens with zero attached hydrogens (tertiary/aromatic N) is 6. The predicted octanol–water partition coefficient (Wildman–Crippen LogP) is 3.73. The summed E-state index contributed by atoms with van der Waals surface area (Å²) in [5, 5.41) is 3.22. The van der Waals surface area contributed by atoms with Crippen LogP contribution in [0.4, 0.5) is 11.6 Å². The van der Waals surface area contributed by atoms with E-state index in [9.17, 15) is 4.79 Å². The Morgan fingerprint density at radius 3 is 2.61 bits per heavy atom. The summed E-state index contributed by atoms with van der Waals surface area (Å²) in [6.45, 7) is 6.25. The topological polar surface area (TPSA) is 98.5 Å². The Morgan fingerprint density at radius 2 is 1.89 bits per heavy atom. The van der Waals surface area contributed by atoms with Crippen molar-refractivity contribution in [2.75, 3.05) is 5.32 Å². The van der Waals surface area contributed by atoms with Crippen LogP contribution in [0.15, 0.2) is 42.9 Å². The average molecular weight is 373 g/mol. The van der Waals surface area contributed by atoms with E-state index in [4.69, 9.17) is 0 Å². The fourth-order valence-corrected chi connectivity index (χ4v) is 3.15. The van der Waals surface area contributed by atoms with Gasteiger partial charge in [0.05, 0.1) is 11.7 Å². The maximum Gasteiger partial charge on any atom is 0.168 e. The fraction of sp³-hybridized carbons (Fsp3) is 0.200. The lowest BCUT2D eigenvalue weighted by atomic mass is 10.2. The second kappa shape index (κ2) is 7.15. The Kier molecular flexibility index (Phi) is 4.52. The van der Waals surface area contributed by atoms with Crippen molar-refractivity contribution in [3.63, 3.8) is 0 Å². The second-order valence-corrected chi connectivity index (χ2v) is 6.66. The molecule has 0 fully saturated rings. The summed E-state index contributed by atoms with van der Waals surface area (Å²) in [7, 11) is 0. The molecule has 0 bridgehead atoms. The summed E-state index contributed by atoms with van der Waals surface area (Å²) >= 11 is 0. The molecule has 140 valence electrons. The molecule has 0 spiro atoms. The largest absolute Gasteiger partial charge is 0.326 e. The normalized spacial score (nSPS) is 11.1. The highest BCUT2D eigenvalue weighted by atomic mass is 16.1. The summed E-state index contributed by atoms with van der Waals surface area (Å²) < 4.78 is 2.17. The van der Waals surface area contributed by atoms with Crippen molar-refractivity contribution >= 4 is 29.0 Å². The summed E-state index contributed by atoms with van der Waals surface area (Å²) in [6.07, 6.45) is 5.71. The molecule has 0 atom stereocenters. The molecule has 0 aliphatic rings. The van der Waals surface area contributed by atoms with E-state index in [0.717, 1.165) is 22.4 Å². The van der Waals surface area contributed by atoms with Crippen molar-refractivity contribution in [1.29, 1.82) is 0 Å². The van der Waals surface area contributed by atoms with Gasteiger partial charge in [-0.15, -0.1) is 0 Å². The Hall–Kier alpha value is -3.68. The lowest BCUT2D eigenvalue weighted by Gasteiger charge is -2.11. The molecular formula is C20H19N7O. The van der Waals surface area contributed by atoms with Crippen LogP contribution in [0.2, 0.25) is 0 Å². The number of rotatable bonds is 5. The van der Waals surface area contributed by atoms with Gasteiger partial charge in [0, 0.05) is 30.1 Å². The van der Waals surface area contributed by atoms with Gasteiger partial charge in [-0.25, -0.2) is 19.9 Å². The van der Waals surface area contributed by atoms with Crippen LogP contribution in [0.25, 0.3) is 22.4 Å². The van der Waals surface area contributed by atoms with Gasteiger partial charge in [0.2, 0.25) is 0 Å².